The molecule has 0 spiro atoms. The van der Waals surface area contributed by atoms with E-state index >= 15 is 0 Å². The van der Waals surface area contributed by atoms with E-state index in [4.69, 9.17) is 37.0 Å². The highest BCUT2D eigenvalue weighted by Gasteiger charge is 2.30. The van der Waals surface area contributed by atoms with Crippen LogP contribution < -0.4 is 0 Å². The first-order valence-electron chi connectivity index (χ1n) is 39.0. The van der Waals surface area contributed by atoms with Gasteiger partial charge in [-0.3, -0.25) is 37.3 Å². The summed E-state index contributed by atoms with van der Waals surface area (Å²) in [5, 5.41) is 10.6. The monoisotopic (exact) mass is 1380 g/mol. The minimum Gasteiger partial charge on any atom is -0.462 e. The number of phosphoric acid groups is 2. The molecule has 17 nitrogen and oxygen atoms in total. The van der Waals surface area contributed by atoms with Crippen LogP contribution in [-0.4, -0.2) is 96.7 Å². The first-order valence-corrected chi connectivity index (χ1v) is 42.0. The number of unbranched alkanes of at least 4 members (excludes halogenated alkanes) is 43. The molecule has 0 rings (SSSR count). The van der Waals surface area contributed by atoms with Crippen molar-refractivity contribution < 1.29 is 80.2 Å². The standard InChI is InChI=1S/C75H146O17P2/c1-7-10-12-14-16-18-20-21-22-23-24-25-26-27-31-36-40-48-54-60-75(80)91-70(63-85-72(77)57-51-45-38-34-32-28-30-33-37-43-49-55-67(4)5)65-89-93(81,82)87-61-69(76)62-88-94(83,84)90-66-71(64-86-73(78)58-52-46-42-41-44-50-56-68(6)9-3)92-74(79)59-53-47-39-35-29-19-17-15-13-11-8-2/h67-71,76H,7-66H2,1-6H3,(H,81,82)(H,83,84)/t68?,69-,70-,71-/m1/s1. The van der Waals surface area contributed by atoms with Gasteiger partial charge >= 0.3 is 39.5 Å². The molecule has 0 aromatic carbocycles. The summed E-state index contributed by atoms with van der Waals surface area (Å²) in [5.41, 5.74) is 0. The summed E-state index contributed by atoms with van der Waals surface area (Å²) in [6.07, 6.45) is 54.1. The van der Waals surface area contributed by atoms with E-state index in [-0.39, 0.29) is 25.7 Å². The molecule has 558 valence electrons. The average Bonchev–Trinajstić information content (AvgIpc) is 1.58. The maximum absolute atomic E-state index is 13.1. The number of esters is 4. The van der Waals surface area contributed by atoms with Crippen LogP contribution in [0.25, 0.3) is 0 Å². The van der Waals surface area contributed by atoms with Crippen molar-refractivity contribution in [1.82, 2.24) is 0 Å². The van der Waals surface area contributed by atoms with E-state index in [9.17, 15) is 43.2 Å². The Morgan fingerprint density at radius 1 is 0.309 bits per heavy atom. The van der Waals surface area contributed by atoms with Gasteiger partial charge in [-0.15, -0.1) is 0 Å². The van der Waals surface area contributed by atoms with Gasteiger partial charge in [-0.25, -0.2) is 9.13 Å². The van der Waals surface area contributed by atoms with Crippen LogP contribution in [0.5, 0.6) is 0 Å². The molecule has 0 radical (unpaired) electrons. The zero-order chi connectivity index (χ0) is 69.3. The molecule has 0 saturated heterocycles. The maximum Gasteiger partial charge on any atom is 0.472 e. The van der Waals surface area contributed by atoms with Crippen LogP contribution >= 0.6 is 15.6 Å². The molecule has 0 saturated carbocycles. The second-order valence-corrected chi connectivity index (χ2v) is 30.7. The summed E-state index contributed by atoms with van der Waals surface area (Å²) < 4.78 is 68.5. The van der Waals surface area contributed by atoms with Gasteiger partial charge in [-0.1, -0.05) is 337 Å². The van der Waals surface area contributed by atoms with Crippen molar-refractivity contribution in [2.75, 3.05) is 39.6 Å². The van der Waals surface area contributed by atoms with E-state index in [2.05, 4.69) is 41.5 Å². The van der Waals surface area contributed by atoms with Gasteiger partial charge in [0.05, 0.1) is 26.4 Å². The lowest BCUT2D eigenvalue weighted by molar-refractivity contribution is -0.161. The summed E-state index contributed by atoms with van der Waals surface area (Å²) in [4.78, 5) is 72.7. The predicted molar refractivity (Wildman–Crippen MR) is 381 cm³/mol. The van der Waals surface area contributed by atoms with E-state index in [0.29, 0.717) is 25.7 Å². The highest BCUT2D eigenvalue weighted by atomic mass is 31.2. The van der Waals surface area contributed by atoms with Crippen molar-refractivity contribution in [1.29, 1.82) is 0 Å². The molecule has 94 heavy (non-hydrogen) atoms. The molecule has 0 heterocycles. The van der Waals surface area contributed by atoms with E-state index in [1.807, 2.05) is 0 Å². The fraction of sp³-hybridized carbons (Fsp3) is 0.947. The van der Waals surface area contributed by atoms with Gasteiger partial charge in [0.2, 0.25) is 0 Å². The molecule has 19 heteroatoms. The zero-order valence-electron chi connectivity index (χ0n) is 61.3. The van der Waals surface area contributed by atoms with Gasteiger partial charge in [0, 0.05) is 25.7 Å². The Morgan fingerprint density at radius 2 is 0.543 bits per heavy atom. The molecule has 0 aliphatic rings. The second kappa shape index (κ2) is 66.9. The third kappa shape index (κ3) is 67.3. The summed E-state index contributed by atoms with van der Waals surface area (Å²) in [5.74, 6) is -0.615. The molecule has 0 aromatic rings. The molecular weight excluding hydrogens is 1230 g/mol. The van der Waals surface area contributed by atoms with Gasteiger partial charge in [-0.2, -0.15) is 0 Å². The largest absolute Gasteiger partial charge is 0.472 e. The summed E-state index contributed by atoms with van der Waals surface area (Å²) in [6.45, 7) is 9.55. The smallest absolute Gasteiger partial charge is 0.462 e. The quantitative estimate of drug-likeness (QED) is 0.0222. The number of aliphatic hydroxyl groups excluding tert-OH is 1. The van der Waals surface area contributed by atoms with Crippen molar-refractivity contribution in [2.24, 2.45) is 11.8 Å². The minimum absolute atomic E-state index is 0.106. The zero-order valence-corrected chi connectivity index (χ0v) is 63.1. The maximum atomic E-state index is 13.1. The number of rotatable bonds is 74. The van der Waals surface area contributed by atoms with Crippen LogP contribution in [0, 0.1) is 11.8 Å². The van der Waals surface area contributed by atoms with Crippen LogP contribution in [0.15, 0.2) is 0 Å². The van der Waals surface area contributed by atoms with Gasteiger partial charge in [-0.05, 0) is 37.5 Å². The van der Waals surface area contributed by atoms with E-state index < -0.39 is 97.5 Å². The van der Waals surface area contributed by atoms with Crippen LogP contribution in [0.1, 0.15) is 388 Å². The highest BCUT2D eigenvalue weighted by Crippen LogP contribution is 2.45. The number of carbonyl (C=O) groups excluding carboxylic acids is 4. The van der Waals surface area contributed by atoms with E-state index in [1.54, 1.807) is 0 Å². The number of hydrogen-bond donors (Lipinski definition) is 3. The topological polar surface area (TPSA) is 237 Å². The third-order valence-electron chi connectivity index (χ3n) is 17.8. The molecular formula is C75H146O17P2. The summed E-state index contributed by atoms with van der Waals surface area (Å²) in [6, 6.07) is 0. The molecule has 3 N–H and O–H groups in total. The number of phosphoric ester groups is 2. The fourth-order valence-electron chi connectivity index (χ4n) is 11.4. The molecule has 0 bridgehead atoms. The Morgan fingerprint density at radius 3 is 0.809 bits per heavy atom. The molecule has 0 aliphatic heterocycles. The predicted octanol–water partition coefficient (Wildman–Crippen LogP) is 21.9. The SMILES string of the molecule is CCCCCCCCCCCCCCCCCCCCCC(=O)O[C@H](COC(=O)CCCCCCCCCCCCCC(C)C)COP(=O)(O)OC[C@@H](O)COP(=O)(O)OC[C@@H](COC(=O)CCCCCCCCC(C)CC)OC(=O)CCCCCCCCCCCCC. The average molecular weight is 1380 g/mol. The molecule has 6 atom stereocenters. The van der Waals surface area contributed by atoms with Gasteiger partial charge in [0.1, 0.15) is 19.3 Å². The van der Waals surface area contributed by atoms with Gasteiger partial charge < -0.3 is 33.8 Å². The first-order chi connectivity index (χ1) is 45.4. The lowest BCUT2D eigenvalue weighted by atomic mass is 10.00. The van der Waals surface area contributed by atoms with Crippen LogP contribution in [0.2, 0.25) is 0 Å². The van der Waals surface area contributed by atoms with Crippen molar-refractivity contribution in [3.63, 3.8) is 0 Å². The second-order valence-electron chi connectivity index (χ2n) is 27.8. The minimum atomic E-state index is -4.96. The first kappa shape index (κ1) is 92.1. The highest BCUT2D eigenvalue weighted by molar-refractivity contribution is 7.47. The third-order valence-corrected chi connectivity index (χ3v) is 19.7. The van der Waals surface area contributed by atoms with Gasteiger partial charge in [0.15, 0.2) is 12.2 Å². The lowest BCUT2D eigenvalue weighted by Gasteiger charge is -2.21. The molecule has 0 aromatic heterocycles. The Labute approximate surface area is 575 Å². The summed E-state index contributed by atoms with van der Waals surface area (Å²) in [7, 11) is -9.91. The number of hydrogen-bond acceptors (Lipinski definition) is 15. The fourth-order valence-corrected chi connectivity index (χ4v) is 13.0. The molecule has 0 amide bonds. The lowest BCUT2D eigenvalue weighted by Crippen LogP contribution is -2.30. The van der Waals surface area contributed by atoms with Crippen LogP contribution in [0.3, 0.4) is 0 Å². The molecule has 0 fully saturated rings. The Kier molecular flexibility index (Phi) is 65.5. The van der Waals surface area contributed by atoms with Crippen molar-refractivity contribution in [3.8, 4) is 0 Å². The van der Waals surface area contributed by atoms with Crippen LogP contribution in [-0.2, 0) is 65.4 Å². The number of carbonyl (C=O) groups is 4. The van der Waals surface area contributed by atoms with Crippen molar-refractivity contribution in [3.05, 3.63) is 0 Å². The van der Waals surface area contributed by atoms with E-state index in [1.165, 1.54) is 199 Å². The van der Waals surface area contributed by atoms with Crippen molar-refractivity contribution >= 4 is 39.5 Å². The Bertz CT molecular complexity index is 1820. The molecule has 3 unspecified atom stereocenters. The van der Waals surface area contributed by atoms with Crippen LogP contribution in [0.4, 0.5) is 0 Å². The number of ether oxygens (including phenoxy) is 4. The molecule has 0 aliphatic carbocycles. The Balaban J connectivity index is 5.23. The van der Waals surface area contributed by atoms with E-state index in [0.717, 1.165) is 108 Å². The Hall–Kier alpha value is -1.94. The van der Waals surface area contributed by atoms with Gasteiger partial charge in [0.25, 0.3) is 0 Å². The van der Waals surface area contributed by atoms with Crippen molar-refractivity contribution in [2.45, 2.75) is 407 Å². The normalized spacial score (nSPS) is 14.3. The number of aliphatic hydroxyl groups is 1. The summed E-state index contributed by atoms with van der Waals surface area (Å²) >= 11 is 0.